The standard InChI is InChI=1S/C25H22Cl2N4O2S/c1-16-5-3-6-17(11-16)15-34-25-30-29-23(31(25)22-10-9-19(26)13-21(22)27)14-28-24(32)18-7-4-8-20(12-18)33-2/h3-13H,14-15H2,1-2H3,(H,28,32). The number of aryl methyl sites for hydroxylation is 1. The number of carbonyl (C=O) groups is 1. The first-order valence-electron chi connectivity index (χ1n) is 10.4. The lowest BCUT2D eigenvalue weighted by Gasteiger charge is -2.13. The highest BCUT2D eigenvalue weighted by Crippen LogP contribution is 2.31. The van der Waals surface area contributed by atoms with E-state index in [1.165, 1.54) is 11.1 Å². The molecule has 0 unspecified atom stereocenters. The second kappa shape index (κ2) is 11.0. The summed E-state index contributed by atoms with van der Waals surface area (Å²) in [5.74, 6) is 1.62. The third-order valence-corrected chi connectivity index (χ3v) is 6.58. The molecule has 4 aromatic rings. The molecule has 1 N–H and O–H groups in total. The summed E-state index contributed by atoms with van der Waals surface area (Å²) in [4.78, 5) is 12.7. The Morgan fingerprint density at radius 1 is 1.06 bits per heavy atom. The Kier molecular flexibility index (Phi) is 7.77. The monoisotopic (exact) mass is 512 g/mol. The van der Waals surface area contributed by atoms with Gasteiger partial charge in [0.15, 0.2) is 11.0 Å². The average molecular weight is 513 g/mol. The predicted molar refractivity (Wildman–Crippen MR) is 136 cm³/mol. The van der Waals surface area contributed by atoms with Gasteiger partial charge in [-0.25, -0.2) is 0 Å². The number of benzene rings is 3. The smallest absolute Gasteiger partial charge is 0.251 e. The van der Waals surface area contributed by atoms with E-state index in [1.807, 2.05) is 16.7 Å². The number of methoxy groups -OCH3 is 1. The number of thioether (sulfide) groups is 1. The van der Waals surface area contributed by atoms with Crippen LogP contribution in [0.15, 0.2) is 71.9 Å². The largest absolute Gasteiger partial charge is 0.497 e. The molecule has 6 nitrogen and oxygen atoms in total. The number of carbonyl (C=O) groups excluding carboxylic acids is 1. The number of nitrogens with one attached hydrogen (secondary N) is 1. The Bertz CT molecular complexity index is 1330. The lowest BCUT2D eigenvalue weighted by atomic mass is 10.2. The predicted octanol–water partition coefficient (Wildman–Crippen LogP) is 6.11. The Labute approximate surface area is 212 Å². The van der Waals surface area contributed by atoms with E-state index in [0.29, 0.717) is 43.8 Å². The minimum atomic E-state index is -0.246. The summed E-state index contributed by atoms with van der Waals surface area (Å²) in [6, 6.07) is 20.5. The van der Waals surface area contributed by atoms with Crippen LogP contribution in [-0.4, -0.2) is 27.8 Å². The van der Waals surface area contributed by atoms with Gasteiger partial charge in [-0.2, -0.15) is 0 Å². The maximum atomic E-state index is 12.7. The van der Waals surface area contributed by atoms with Crippen molar-refractivity contribution in [1.29, 1.82) is 0 Å². The second-order valence-electron chi connectivity index (χ2n) is 7.52. The Morgan fingerprint density at radius 3 is 2.65 bits per heavy atom. The average Bonchev–Trinajstić information content (AvgIpc) is 3.23. The van der Waals surface area contributed by atoms with Gasteiger partial charge in [0.05, 0.1) is 24.4 Å². The van der Waals surface area contributed by atoms with E-state index in [1.54, 1.807) is 55.3 Å². The molecule has 0 aliphatic heterocycles. The lowest BCUT2D eigenvalue weighted by molar-refractivity contribution is 0.0949. The Balaban J connectivity index is 1.60. The summed E-state index contributed by atoms with van der Waals surface area (Å²) < 4.78 is 7.06. The van der Waals surface area contributed by atoms with Crippen molar-refractivity contribution in [3.05, 3.63) is 99.3 Å². The fraction of sp³-hybridized carbons (Fsp3) is 0.160. The van der Waals surface area contributed by atoms with Crippen LogP contribution in [-0.2, 0) is 12.3 Å². The number of amides is 1. The molecule has 4 rings (SSSR count). The molecule has 1 aromatic heterocycles. The molecule has 0 saturated heterocycles. The van der Waals surface area contributed by atoms with Crippen LogP contribution in [0.5, 0.6) is 5.75 Å². The first-order chi connectivity index (χ1) is 16.4. The summed E-state index contributed by atoms with van der Waals surface area (Å²) in [6.45, 7) is 2.22. The highest BCUT2D eigenvalue weighted by molar-refractivity contribution is 7.98. The molecule has 0 atom stereocenters. The maximum absolute atomic E-state index is 12.7. The summed E-state index contributed by atoms with van der Waals surface area (Å²) in [6.07, 6.45) is 0. The van der Waals surface area contributed by atoms with Gasteiger partial charge in [-0.05, 0) is 48.9 Å². The van der Waals surface area contributed by atoms with Crippen LogP contribution in [0, 0.1) is 6.92 Å². The molecule has 0 fully saturated rings. The van der Waals surface area contributed by atoms with E-state index in [-0.39, 0.29) is 12.5 Å². The third kappa shape index (κ3) is 5.73. The molecule has 174 valence electrons. The van der Waals surface area contributed by atoms with Crippen molar-refractivity contribution >= 4 is 40.9 Å². The molecule has 0 bridgehead atoms. The van der Waals surface area contributed by atoms with Gasteiger partial charge >= 0.3 is 0 Å². The van der Waals surface area contributed by atoms with Gasteiger partial charge in [-0.3, -0.25) is 9.36 Å². The van der Waals surface area contributed by atoms with Crippen LogP contribution in [0.2, 0.25) is 10.0 Å². The van der Waals surface area contributed by atoms with Crippen molar-refractivity contribution < 1.29 is 9.53 Å². The van der Waals surface area contributed by atoms with Crippen LogP contribution in [0.3, 0.4) is 0 Å². The molecule has 34 heavy (non-hydrogen) atoms. The van der Waals surface area contributed by atoms with Gasteiger partial charge in [0.25, 0.3) is 5.91 Å². The van der Waals surface area contributed by atoms with Crippen molar-refractivity contribution in [3.8, 4) is 11.4 Å². The molecule has 9 heteroatoms. The fourth-order valence-corrected chi connectivity index (χ4v) is 4.79. The summed E-state index contributed by atoms with van der Waals surface area (Å²) >= 11 is 14.2. The van der Waals surface area contributed by atoms with Gasteiger partial charge in [-0.1, -0.05) is 70.9 Å². The minimum Gasteiger partial charge on any atom is -0.497 e. The summed E-state index contributed by atoms with van der Waals surface area (Å²) in [5.41, 5.74) is 3.55. The van der Waals surface area contributed by atoms with Gasteiger partial charge in [0.2, 0.25) is 0 Å². The van der Waals surface area contributed by atoms with Crippen LogP contribution >= 0.6 is 35.0 Å². The molecule has 1 heterocycles. The second-order valence-corrected chi connectivity index (χ2v) is 9.31. The number of hydrogen-bond donors (Lipinski definition) is 1. The number of aromatic nitrogens is 3. The topological polar surface area (TPSA) is 69.0 Å². The number of ether oxygens (including phenoxy) is 1. The minimum absolute atomic E-state index is 0.160. The fourth-order valence-electron chi connectivity index (χ4n) is 3.39. The zero-order valence-electron chi connectivity index (χ0n) is 18.6. The SMILES string of the molecule is COc1cccc(C(=O)NCc2nnc(SCc3cccc(C)c3)n2-c2ccc(Cl)cc2Cl)c1. The number of halogens is 2. The summed E-state index contributed by atoms with van der Waals surface area (Å²) in [7, 11) is 1.56. The maximum Gasteiger partial charge on any atom is 0.251 e. The van der Waals surface area contributed by atoms with E-state index < -0.39 is 0 Å². The van der Waals surface area contributed by atoms with Crippen LogP contribution in [0.25, 0.3) is 5.69 Å². The third-order valence-electron chi connectivity index (χ3n) is 5.04. The van der Waals surface area contributed by atoms with Crippen molar-refractivity contribution in [3.63, 3.8) is 0 Å². The van der Waals surface area contributed by atoms with E-state index in [9.17, 15) is 4.79 Å². The molecular formula is C25H22Cl2N4O2S. The molecule has 0 radical (unpaired) electrons. The van der Waals surface area contributed by atoms with Gasteiger partial charge in [0, 0.05) is 16.3 Å². The zero-order chi connectivity index (χ0) is 24.1. The van der Waals surface area contributed by atoms with Crippen molar-refractivity contribution in [2.45, 2.75) is 24.4 Å². The summed E-state index contributed by atoms with van der Waals surface area (Å²) in [5, 5.41) is 13.3. The molecule has 0 aliphatic carbocycles. The first-order valence-corrected chi connectivity index (χ1v) is 12.2. The number of hydrogen-bond acceptors (Lipinski definition) is 5. The van der Waals surface area contributed by atoms with Crippen molar-refractivity contribution in [1.82, 2.24) is 20.1 Å². The highest BCUT2D eigenvalue weighted by atomic mass is 35.5. The van der Waals surface area contributed by atoms with Gasteiger partial charge in [0.1, 0.15) is 5.75 Å². The Hall–Kier alpha value is -3.00. The quantitative estimate of drug-likeness (QED) is 0.288. The molecule has 0 aliphatic rings. The Morgan fingerprint density at radius 2 is 1.88 bits per heavy atom. The van der Waals surface area contributed by atoms with E-state index in [2.05, 4.69) is 40.6 Å². The van der Waals surface area contributed by atoms with Crippen LogP contribution in [0.1, 0.15) is 27.3 Å². The van der Waals surface area contributed by atoms with Gasteiger partial charge in [-0.15, -0.1) is 10.2 Å². The zero-order valence-corrected chi connectivity index (χ0v) is 20.9. The lowest BCUT2D eigenvalue weighted by Crippen LogP contribution is -2.24. The molecule has 0 saturated carbocycles. The van der Waals surface area contributed by atoms with E-state index in [4.69, 9.17) is 27.9 Å². The molecule has 1 amide bonds. The van der Waals surface area contributed by atoms with Crippen molar-refractivity contribution in [2.75, 3.05) is 7.11 Å². The van der Waals surface area contributed by atoms with Gasteiger partial charge < -0.3 is 10.1 Å². The van der Waals surface area contributed by atoms with Crippen LogP contribution < -0.4 is 10.1 Å². The highest BCUT2D eigenvalue weighted by Gasteiger charge is 2.18. The van der Waals surface area contributed by atoms with Crippen molar-refractivity contribution in [2.24, 2.45) is 0 Å². The first kappa shape index (κ1) is 24.1. The molecule has 3 aromatic carbocycles. The van der Waals surface area contributed by atoms with Crippen LogP contribution in [0.4, 0.5) is 0 Å². The normalized spacial score (nSPS) is 10.8. The van der Waals surface area contributed by atoms with E-state index >= 15 is 0 Å². The molecular weight excluding hydrogens is 491 g/mol. The van der Waals surface area contributed by atoms with E-state index in [0.717, 1.165) is 0 Å². The number of nitrogens with zero attached hydrogens (tertiary/aromatic N) is 3. The molecule has 0 spiro atoms. The number of rotatable bonds is 8.